The molecule has 0 spiro atoms. The molecule has 0 aliphatic rings. The second-order valence-corrected chi connectivity index (χ2v) is 6.13. The zero-order chi connectivity index (χ0) is 15.9. The molecule has 0 unspecified atom stereocenters. The first-order valence-corrected chi connectivity index (χ1v) is 7.89. The molecule has 2 aromatic carbocycles. The zero-order valence-corrected chi connectivity index (χ0v) is 12.9. The molecule has 0 fully saturated rings. The van der Waals surface area contributed by atoms with E-state index in [1.807, 2.05) is 37.3 Å². The van der Waals surface area contributed by atoms with Crippen LogP contribution in [0.2, 0.25) is 0 Å². The lowest BCUT2D eigenvalue weighted by Crippen LogP contribution is -2.24. The van der Waals surface area contributed by atoms with Crippen LogP contribution in [0.25, 0.3) is 0 Å². The highest BCUT2D eigenvalue weighted by molar-refractivity contribution is 7.99. The van der Waals surface area contributed by atoms with E-state index >= 15 is 0 Å². The van der Waals surface area contributed by atoms with E-state index in [0.29, 0.717) is 5.69 Å². The van der Waals surface area contributed by atoms with Crippen LogP contribution >= 0.6 is 11.8 Å². The van der Waals surface area contributed by atoms with E-state index in [-0.39, 0.29) is 16.7 Å². The summed E-state index contributed by atoms with van der Waals surface area (Å²) in [5, 5.41) is 13.3. The SMILES string of the molecule is C[C@H](SCc1ccccc1)C(=O)Nc1cccc(C(=O)[O-])c1. The summed E-state index contributed by atoms with van der Waals surface area (Å²) in [4.78, 5) is 22.9. The second kappa shape index (κ2) is 7.66. The van der Waals surface area contributed by atoms with Crippen molar-refractivity contribution in [3.8, 4) is 0 Å². The van der Waals surface area contributed by atoms with Crippen molar-refractivity contribution in [2.45, 2.75) is 17.9 Å². The van der Waals surface area contributed by atoms with E-state index in [1.54, 1.807) is 12.1 Å². The van der Waals surface area contributed by atoms with E-state index in [2.05, 4.69) is 5.32 Å². The lowest BCUT2D eigenvalue weighted by molar-refractivity contribution is -0.255. The average molecular weight is 314 g/mol. The third kappa shape index (κ3) is 4.63. The molecule has 1 N–H and O–H groups in total. The predicted molar refractivity (Wildman–Crippen MR) is 86.6 cm³/mol. The van der Waals surface area contributed by atoms with Crippen LogP contribution in [0, 0.1) is 0 Å². The minimum absolute atomic E-state index is 0.0439. The number of rotatable bonds is 6. The number of benzene rings is 2. The Morgan fingerprint density at radius 2 is 1.86 bits per heavy atom. The number of amides is 1. The van der Waals surface area contributed by atoms with Crippen molar-refractivity contribution >= 4 is 29.3 Å². The van der Waals surface area contributed by atoms with Crippen molar-refractivity contribution in [1.82, 2.24) is 0 Å². The van der Waals surface area contributed by atoms with E-state index < -0.39 is 5.97 Å². The monoisotopic (exact) mass is 314 g/mol. The molecule has 1 atom stereocenters. The molecule has 0 radical (unpaired) electrons. The summed E-state index contributed by atoms with van der Waals surface area (Å²) in [5.74, 6) is -0.673. The molecule has 5 heteroatoms. The largest absolute Gasteiger partial charge is 0.545 e. The van der Waals surface area contributed by atoms with E-state index in [4.69, 9.17) is 0 Å². The van der Waals surface area contributed by atoms with Gasteiger partial charge in [0.2, 0.25) is 5.91 Å². The Morgan fingerprint density at radius 3 is 2.55 bits per heavy atom. The first-order valence-electron chi connectivity index (χ1n) is 6.84. The molecule has 22 heavy (non-hydrogen) atoms. The minimum Gasteiger partial charge on any atom is -0.545 e. The van der Waals surface area contributed by atoms with Crippen LogP contribution in [-0.4, -0.2) is 17.1 Å². The van der Waals surface area contributed by atoms with Crippen LogP contribution in [0.1, 0.15) is 22.8 Å². The number of anilines is 1. The van der Waals surface area contributed by atoms with Crippen LogP contribution in [0.15, 0.2) is 54.6 Å². The third-order valence-corrected chi connectivity index (χ3v) is 4.29. The van der Waals surface area contributed by atoms with Gasteiger partial charge < -0.3 is 15.2 Å². The van der Waals surface area contributed by atoms with Gasteiger partial charge in [-0.05, 0) is 30.2 Å². The van der Waals surface area contributed by atoms with Gasteiger partial charge in [0.25, 0.3) is 0 Å². The number of hydrogen-bond donors (Lipinski definition) is 1. The molecule has 0 saturated heterocycles. The molecule has 1 amide bonds. The average Bonchev–Trinajstić information content (AvgIpc) is 2.53. The lowest BCUT2D eigenvalue weighted by atomic mass is 10.2. The van der Waals surface area contributed by atoms with Gasteiger partial charge in [0.05, 0.1) is 11.2 Å². The number of nitrogens with one attached hydrogen (secondary N) is 1. The van der Waals surface area contributed by atoms with Gasteiger partial charge in [-0.2, -0.15) is 0 Å². The molecule has 114 valence electrons. The van der Waals surface area contributed by atoms with Crippen molar-refractivity contribution in [3.05, 3.63) is 65.7 Å². The van der Waals surface area contributed by atoms with Gasteiger partial charge in [-0.3, -0.25) is 4.79 Å². The van der Waals surface area contributed by atoms with Gasteiger partial charge in [0, 0.05) is 11.4 Å². The van der Waals surface area contributed by atoms with Crippen LogP contribution in [-0.2, 0) is 10.5 Å². The Kier molecular flexibility index (Phi) is 5.61. The fourth-order valence-corrected chi connectivity index (χ4v) is 2.68. The van der Waals surface area contributed by atoms with Crippen LogP contribution < -0.4 is 10.4 Å². The summed E-state index contributed by atoms with van der Waals surface area (Å²) in [6.07, 6.45) is 0. The summed E-state index contributed by atoms with van der Waals surface area (Å²) in [5.41, 5.74) is 1.66. The molecule has 0 heterocycles. The summed E-state index contributed by atoms with van der Waals surface area (Å²) in [6, 6.07) is 16.0. The number of aromatic carboxylic acids is 1. The minimum atomic E-state index is -1.26. The number of carbonyl (C=O) groups is 2. The lowest BCUT2D eigenvalue weighted by Gasteiger charge is -2.13. The molecule has 0 aliphatic carbocycles. The van der Waals surface area contributed by atoms with Gasteiger partial charge in [-0.25, -0.2) is 0 Å². The topological polar surface area (TPSA) is 69.2 Å². The Morgan fingerprint density at radius 1 is 1.14 bits per heavy atom. The fraction of sp³-hybridized carbons (Fsp3) is 0.176. The summed E-state index contributed by atoms with van der Waals surface area (Å²) < 4.78 is 0. The normalized spacial score (nSPS) is 11.7. The zero-order valence-electron chi connectivity index (χ0n) is 12.1. The summed E-state index contributed by atoms with van der Waals surface area (Å²) >= 11 is 1.53. The quantitative estimate of drug-likeness (QED) is 0.888. The fourth-order valence-electron chi connectivity index (χ4n) is 1.84. The van der Waals surface area contributed by atoms with Gasteiger partial charge in [-0.1, -0.05) is 42.5 Å². The number of carboxylic acid groups (broad SMARTS) is 1. The maximum atomic E-state index is 12.1. The van der Waals surface area contributed by atoms with Crippen molar-refractivity contribution in [2.75, 3.05) is 5.32 Å². The van der Waals surface area contributed by atoms with Crippen molar-refractivity contribution in [1.29, 1.82) is 0 Å². The predicted octanol–water partition coefficient (Wildman–Crippen LogP) is 2.31. The second-order valence-electron chi connectivity index (χ2n) is 4.80. The highest BCUT2D eigenvalue weighted by Gasteiger charge is 2.13. The highest BCUT2D eigenvalue weighted by atomic mass is 32.2. The molecule has 0 saturated carbocycles. The molecule has 2 aromatic rings. The number of carbonyl (C=O) groups excluding carboxylic acids is 2. The molecular formula is C17H16NO3S-. The Balaban J connectivity index is 1.91. The first kappa shape index (κ1) is 16.1. The van der Waals surface area contributed by atoms with Gasteiger partial charge >= 0.3 is 0 Å². The Labute approximate surface area is 133 Å². The van der Waals surface area contributed by atoms with Crippen LogP contribution in [0.3, 0.4) is 0 Å². The molecular weight excluding hydrogens is 298 g/mol. The highest BCUT2D eigenvalue weighted by Crippen LogP contribution is 2.19. The Bertz CT molecular complexity index is 658. The molecule has 4 nitrogen and oxygen atoms in total. The van der Waals surface area contributed by atoms with Crippen molar-refractivity contribution in [2.24, 2.45) is 0 Å². The van der Waals surface area contributed by atoms with Crippen molar-refractivity contribution < 1.29 is 14.7 Å². The van der Waals surface area contributed by atoms with E-state index in [9.17, 15) is 14.7 Å². The summed E-state index contributed by atoms with van der Waals surface area (Å²) in [6.45, 7) is 1.82. The Hall–Kier alpha value is -2.27. The first-order chi connectivity index (χ1) is 10.6. The molecule has 0 aliphatic heterocycles. The van der Waals surface area contributed by atoms with Crippen LogP contribution in [0.4, 0.5) is 5.69 Å². The third-order valence-electron chi connectivity index (χ3n) is 3.08. The number of thioether (sulfide) groups is 1. The maximum Gasteiger partial charge on any atom is 0.237 e. The maximum absolute atomic E-state index is 12.1. The molecule has 2 rings (SSSR count). The van der Waals surface area contributed by atoms with Crippen molar-refractivity contribution in [3.63, 3.8) is 0 Å². The standard InChI is InChI=1S/C17H17NO3S/c1-12(22-11-13-6-3-2-4-7-13)16(19)18-15-9-5-8-14(10-15)17(20)21/h2-10,12H,11H2,1H3,(H,18,19)(H,20,21)/p-1/t12-/m0/s1. The van der Waals surface area contributed by atoms with E-state index in [1.165, 1.54) is 23.9 Å². The summed E-state index contributed by atoms with van der Waals surface area (Å²) in [7, 11) is 0. The number of hydrogen-bond acceptors (Lipinski definition) is 4. The molecule has 0 bridgehead atoms. The van der Waals surface area contributed by atoms with Gasteiger partial charge in [-0.15, -0.1) is 11.8 Å². The number of carboxylic acids is 1. The van der Waals surface area contributed by atoms with E-state index in [0.717, 1.165) is 11.3 Å². The van der Waals surface area contributed by atoms with Crippen LogP contribution in [0.5, 0.6) is 0 Å². The smallest absolute Gasteiger partial charge is 0.237 e. The molecule has 0 aromatic heterocycles. The van der Waals surface area contributed by atoms with Gasteiger partial charge in [0.1, 0.15) is 0 Å². The van der Waals surface area contributed by atoms with Gasteiger partial charge in [0.15, 0.2) is 0 Å².